The number of nitrogens with one attached hydrogen (secondary N) is 1. The highest BCUT2D eigenvalue weighted by atomic mass is 16.2. The molecule has 4 rings (SSSR count). The Labute approximate surface area is 142 Å². The van der Waals surface area contributed by atoms with E-state index in [2.05, 4.69) is 15.2 Å². The van der Waals surface area contributed by atoms with Gasteiger partial charge in [0.05, 0.1) is 5.56 Å². The Hall–Kier alpha value is -2.11. The quantitative estimate of drug-likeness (QED) is 0.892. The summed E-state index contributed by atoms with van der Waals surface area (Å²) >= 11 is 0. The summed E-state index contributed by atoms with van der Waals surface area (Å²) in [5.74, 6) is 1.62. The molecule has 0 spiro atoms. The van der Waals surface area contributed by atoms with Crippen molar-refractivity contribution >= 4 is 17.6 Å². The number of anilines is 1. The Morgan fingerprint density at radius 2 is 2.00 bits per heavy atom. The fourth-order valence-electron chi connectivity index (χ4n) is 4.10. The predicted molar refractivity (Wildman–Crippen MR) is 90.9 cm³/mol. The molecule has 1 N–H and O–H groups in total. The minimum Gasteiger partial charge on any atom is -0.355 e. The number of aromatic nitrogens is 1. The Morgan fingerprint density at radius 1 is 1.17 bits per heavy atom. The third-order valence-corrected chi connectivity index (χ3v) is 5.51. The van der Waals surface area contributed by atoms with Crippen LogP contribution < -0.4 is 10.2 Å². The number of carbonyl (C=O) groups is 2. The second-order valence-corrected chi connectivity index (χ2v) is 7.13. The lowest BCUT2D eigenvalue weighted by molar-refractivity contribution is -0.119. The van der Waals surface area contributed by atoms with Crippen LogP contribution in [-0.2, 0) is 4.79 Å². The average molecular weight is 328 g/mol. The minimum atomic E-state index is 0.0931. The van der Waals surface area contributed by atoms with Crippen LogP contribution >= 0.6 is 0 Å². The molecular weight excluding hydrogens is 304 g/mol. The molecule has 0 aromatic carbocycles. The van der Waals surface area contributed by atoms with Crippen molar-refractivity contribution in [2.45, 2.75) is 38.1 Å². The van der Waals surface area contributed by atoms with E-state index in [0.717, 1.165) is 51.3 Å². The number of pyridine rings is 1. The monoisotopic (exact) mass is 328 g/mol. The van der Waals surface area contributed by atoms with E-state index in [4.69, 9.17) is 0 Å². The highest BCUT2D eigenvalue weighted by molar-refractivity contribution is 5.94. The second-order valence-electron chi connectivity index (χ2n) is 7.13. The third kappa shape index (κ3) is 2.97. The molecule has 0 saturated carbocycles. The van der Waals surface area contributed by atoms with Gasteiger partial charge < -0.3 is 15.1 Å². The van der Waals surface area contributed by atoms with E-state index in [0.29, 0.717) is 17.9 Å². The summed E-state index contributed by atoms with van der Waals surface area (Å²) in [7, 11) is 0. The summed E-state index contributed by atoms with van der Waals surface area (Å²) in [5.41, 5.74) is 0.671. The molecule has 3 fully saturated rings. The zero-order valence-corrected chi connectivity index (χ0v) is 13.9. The van der Waals surface area contributed by atoms with E-state index in [-0.39, 0.29) is 17.9 Å². The van der Waals surface area contributed by atoms with Crippen molar-refractivity contribution in [2.75, 3.05) is 31.1 Å². The summed E-state index contributed by atoms with van der Waals surface area (Å²) < 4.78 is 0. The summed E-state index contributed by atoms with van der Waals surface area (Å²) in [5, 5.41) is 3.06. The Kier molecular flexibility index (Phi) is 4.12. The van der Waals surface area contributed by atoms with Crippen molar-refractivity contribution in [3.63, 3.8) is 0 Å². The lowest BCUT2D eigenvalue weighted by atomic mass is 9.92. The standard InChI is InChI=1S/C18H24N4O2/c23-17-10-13-6-9-22(12-15(13)20-17)16-5-4-14(11-19-16)18(24)21-7-2-1-3-8-21/h4-5,11,13,15H,1-3,6-10,12H2,(H,20,23)/t13-,15-/m1/s1. The largest absolute Gasteiger partial charge is 0.355 e. The molecule has 2 amide bonds. The zero-order chi connectivity index (χ0) is 16.5. The third-order valence-electron chi connectivity index (χ3n) is 5.51. The molecule has 0 unspecified atom stereocenters. The lowest BCUT2D eigenvalue weighted by Gasteiger charge is -2.35. The molecule has 0 aliphatic carbocycles. The van der Waals surface area contributed by atoms with Crippen LogP contribution in [0, 0.1) is 5.92 Å². The molecule has 4 heterocycles. The highest BCUT2D eigenvalue weighted by Gasteiger charge is 2.37. The van der Waals surface area contributed by atoms with Crippen molar-refractivity contribution in [1.82, 2.24) is 15.2 Å². The Balaban J connectivity index is 1.42. The molecule has 3 aliphatic heterocycles. The average Bonchev–Trinajstić information content (AvgIpc) is 3.01. The normalized spacial score (nSPS) is 26.9. The predicted octanol–water partition coefficient (Wildman–Crippen LogP) is 1.42. The summed E-state index contributed by atoms with van der Waals surface area (Å²) in [6.07, 6.45) is 6.79. The molecule has 6 heteroatoms. The van der Waals surface area contributed by atoms with Crippen LogP contribution in [0.25, 0.3) is 0 Å². The molecule has 1 aromatic rings. The summed E-state index contributed by atoms with van der Waals surface area (Å²) in [4.78, 5) is 32.7. The van der Waals surface area contributed by atoms with Crippen molar-refractivity contribution in [3.8, 4) is 0 Å². The topological polar surface area (TPSA) is 65.5 Å². The zero-order valence-electron chi connectivity index (χ0n) is 13.9. The SMILES string of the molecule is O=C1C[C@H]2CCN(c3ccc(C(=O)N4CCCCC4)cn3)C[C@H]2N1. The lowest BCUT2D eigenvalue weighted by Crippen LogP contribution is -2.47. The molecule has 128 valence electrons. The molecule has 3 saturated heterocycles. The molecule has 0 radical (unpaired) electrons. The van der Waals surface area contributed by atoms with Gasteiger partial charge >= 0.3 is 0 Å². The van der Waals surface area contributed by atoms with Gasteiger partial charge in [-0.15, -0.1) is 0 Å². The second kappa shape index (κ2) is 6.42. The first kappa shape index (κ1) is 15.4. The number of amides is 2. The molecular formula is C18H24N4O2. The molecule has 6 nitrogen and oxygen atoms in total. The maximum Gasteiger partial charge on any atom is 0.255 e. The van der Waals surface area contributed by atoms with Crippen LogP contribution in [0.3, 0.4) is 0 Å². The fraction of sp³-hybridized carbons (Fsp3) is 0.611. The maximum atomic E-state index is 12.5. The van der Waals surface area contributed by atoms with Crippen molar-refractivity contribution < 1.29 is 9.59 Å². The van der Waals surface area contributed by atoms with Gasteiger partial charge in [-0.3, -0.25) is 9.59 Å². The van der Waals surface area contributed by atoms with Gasteiger partial charge in [0.15, 0.2) is 0 Å². The van der Waals surface area contributed by atoms with Crippen molar-refractivity contribution in [2.24, 2.45) is 5.92 Å². The Bertz CT molecular complexity index is 624. The number of rotatable bonds is 2. The van der Waals surface area contributed by atoms with E-state index in [1.165, 1.54) is 6.42 Å². The van der Waals surface area contributed by atoms with Gasteiger partial charge in [0, 0.05) is 44.8 Å². The van der Waals surface area contributed by atoms with Crippen LogP contribution in [0.4, 0.5) is 5.82 Å². The van der Waals surface area contributed by atoms with E-state index in [9.17, 15) is 9.59 Å². The highest BCUT2D eigenvalue weighted by Crippen LogP contribution is 2.28. The number of piperidine rings is 2. The molecule has 3 aliphatic rings. The minimum absolute atomic E-state index is 0.0931. The van der Waals surface area contributed by atoms with Crippen LogP contribution in [-0.4, -0.2) is 53.9 Å². The van der Waals surface area contributed by atoms with Gasteiger partial charge in [-0.2, -0.15) is 0 Å². The van der Waals surface area contributed by atoms with Gasteiger partial charge in [-0.05, 0) is 43.7 Å². The van der Waals surface area contributed by atoms with E-state index in [1.54, 1.807) is 6.20 Å². The van der Waals surface area contributed by atoms with Crippen LogP contribution in [0.2, 0.25) is 0 Å². The number of fused-ring (bicyclic) bond motifs is 1. The first-order chi connectivity index (χ1) is 11.7. The molecule has 2 atom stereocenters. The smallest absolute Gasteiger partial charge is 0.255 e. The maximum absolute atomic E-state index is 12.5. The number of hydrogen-bond donors (Lipinski definition) is 1. The van der Waals surface area contributed by atoms with Crippen molar-refractivity contribution in [1.29, 1.82) is 0 Å². The van der Waals surface area contributed by atoms with Crippen LogP contribution in [0.5, 0.6) is 0 Å². The molecule has 0 bridgehead atoms. The van der Waals surface area contributed by atoms with Gasteiger partial charge in [-0.1, -0.05) is 0 Å². The molecule has 24 heavy (non-hydrogen) atoms. The molecule has 1 aromatic heterocycles. The number of nitrogens with zero attached hydrogens (tertiary/aromatic N) is 3. The van der Waals surface area contributed by atoms with Gasteiger partial charge in [0.2, 0.25) is 5.91 Å². The number of hydrogen-bond acceptors (Lipinski definition) is 4. The van der Waals surface area contributed by atoms with Gasteiger partial charge in [0.25, 0.3) is 5.91 Å². The first-order valence-electron chi connectivity index (χ1n) is 9.00. The van der Waals surface area contributed by atoms with Crippen LogP contribution in [0.1, 0.15) is 42.5 Å². The first-order valence-corrected chi connectivity index (χ1v) is 9.00. The van der Waals surface area contributed by atoms with Crippen LogP contribution in [0.15, 0.2) is 18.3 Å². The fourth-order valence-corrected chi connectivity index (χ4v) is 4.10. The van der Waals surface area contributed by atoms with Gasteiger partial charge in [-0.25, -0.2) is 4.98 Å². The van der Waals surface area contributed by atoms with E-state index < -0.39 is 0 Å². The Morgan fingerprint density at radius 3 is 2.75 bits per heavy atom. The summed E-state index contributed by atoms with van der Waals surface area (Å²) in [6.45, 7) is 3.44. The number of likely N-dealkylation sites (tertiary alicyclic amines) is 1. The van der Waals surface area contributed by atoms with E-state index in [1.807, 2.05) is 17.0 Å². The van der Waals surface area contributed by atoms with E-state index >= 15 is 0 Å². The van der Waals surface area contributed by atoms with Crippen molar-refractivity contribution in [3.05, 3.63) is 23.9 Å². The summed E-state index contributed by atoms with van der Waals surface area (Å²) in [6, 6.07) is 4.06. The number of carbonyl (C=O) groups excluding carboxylic acids is 2. The van der Waals surface area contributed by atoms with Gasteiger partial charge in [0.1, 0.15) is 5.82 Å².